The molecule has 21 heavy (non-hydrogen) atoms. The van der Waals surface area contributed by atoms with Gasteiger partial charge >= 0.3 is 0 Å². The van der Waals surface area contributed by atoms with Gasteiger partial charge < -0.3 is 9.72 Å². The van der Waals surface area contributed by atoms with Crippen molar-refractivity contribution in [3.63, 3.8) is 0 Å². The third-order valence-electron chi connectivity index (χ3n) is 3.41. The number of fused-ring (bicyclic) bond motifs is 1. The van der Waals surface area contributed by atoms with Crippen molar-refractivity contribution >= 4 is 16.7 Å². The van der Waals surface area contributed by atoms with Crippen LogP contribution in [0, 0.1) is 11.3 Å². The predicted octanol–water partition coefficient (Wildman–Crippen LogP) is 3.28. The number of carbonyl (C=O) groups excluding carboxylic acids is 1. The van der Waals surface area contributed by atoms with Gasteiger partial charge in [0, 0.05) is 22.7 Å². The molecule has 0 fully saturated rings. The molecule has 3 aromatic rings. The third-order valence-corrected chi connectivity index (χ3v) is 3.41. The van der Waals surface area contributed by atoms with Crippen LogP contribution in [0.25, 0.3) is 10.9 Å². The Bertz CT molecular complexity index is 872. The molecule has 0 aliphatic heterocycles. The first kappa shape index (κ1) is 12.9. The highest BCUT2D eigenvalue weighted by Gasteiger charge is 2.17. The van der Waals surface area contributed by atoms with Gasteiger partial charge in [0.2, 0.25) is 0 Å². The third kappa shape index (κ3) is 2.15. The van der Waals surface area contributed by atoms with Crippen LogP contribution in [0.1, 0.15) is 21.5 Å². The number of carbonyl (C=O) groups is 1. The summed E-state index contributed by atoms with van der Waals surface area (Å²) < 4.78 is 5.24. The van der Waals surface area contributed by atoms with Gasteiger partial charge in [-0.3, -0.25) is 4.79 Å². The first-order valence-corrected chi connectivity index (χ1v) is 6.43. The number of benzene rings is 2. The number of nitrogens with zero attached hydrogens (tertiary/aromatic N) is 1. The molecule has 0 saturated heterocycles. The fraction of sp³-hybridized carbons (Fsp3) is 0.0588. The van der Waals surface area contributed by atoms with E-state index < -0.39 is 0 Å². The van der Waals surface area contributed by atoms with E-state index in [4.69, 9.17) is 10.00 Å². The van der Waals surface area contributed by atoms with Gasteiger partial charge in [0.15, 0.2) is 5.78 Å². The zero-order chi connectivity index (χ0) is 14.8. The lowest BCUT2D eigenvalue weighted by Crippen LogP contribution is -2.03. The van der Waals surface area contributed by atoms with E-state index in [2.05, 4.69) is 11.1 Å². The standard InChI is InChI=1S/C17H12N2O2/c1-21-16-5-3-2-4-12(16)17(20)14-10-19-15-7-6-11(9-18)8-13(14)15/h2-8,10,19H,1H3. The molecule has 0 aliphatic carbocycles. The minimum absolute atomic E-state index is 0.131. The molecule has 1 aromatic heterocycles. The number of aromatic amines is 1. The van der Waals surface area contributed by atoms with E-state index in [1.165, 1.54) is 7.11 Å². The minimum atomic E-state index is -0.131. The highest BCUT2D eigenvalue weighted by atomic mass is 16.5. The van der Waals surface area contributed by atoms with E-state index in [-0.39, 0.29) is 5.78 Å². The molecule has 0 amide bonds. The fourth-order valence-electron chi connectivity index (χ4n) is 2.36. The highest BCUT2D eigenvalue weighted by Crippen LogP contribution is 2.26. The SMILES string of the molecule is COc1ccccc1C(=O)c1c[nH]c2ccc(C#N)cc12. The monoisotopic (exact) mass is 276 g/mol. The zero-order valence-corrected chi connectivity index (χ0v) is 11.4. The first-order chi connectivity index (χ1) is 10.2. The maximum Gasteiger partial charge on any atom is 0.198 e. The molecule has 0 atom stereocenters. The molecule has 0 saturated carbocycles. The number of nitrogens with one attached hydrogen (secondary N) is 1. The van der Waals surface area contributed by atoms with Crippen molar-refractivity contribution in [1.29, 1.82) is 5.26 Å². The van der Waals surface area contributed by atoms with Crippen LogP contribution >= 0.6 is 0 Å². The second kappa shape index (κ2) is 5.14. The number of rotatable bonds is 3. The molecule has 0 radical (unpaired) electrons. The van der Waals surface area contributed by atoms with E-state index >= 15 is 0 Å². The smallest absolute Gasteiger partial charge is 0.198 e. The second-order valence-electron chi connectivity index (χ2n) is 4.60. The summed E-state index contributed by atoms with van der Waals surface area (Å²) in [5.74, 6) is 0.405. The Kier molecular flexibility index (Phi) is 3.17. The van der Waals surface area contributed by atoms with Crippen LogP contribution in [0.5, 0.6) is 5.75 Å². The van der Waals surface area contributed by atoms with Crippen molar-refractivity contribution in [1.82, 2.24) is 4.98 Å². The molecule has 0 bridgehead atoms. The van der Waals surface area contributed by atoms with E-state index in [1.807, 2.05) is 6.07 Å². The molecule has 1 heterocycles. The summed E-state index contributed by atoms with van der Waals surface area (Å²) in [6.45, 7) is 0. The summed E-state index contributed by atoms with van der Waals surface area (Å²) in [5.41, 5.74) is 2.39. The summed E-state index contributed by atoms with van der Waals surface area (Å²) >= 11 is 0. The van der Waals surface area contributed by atoms with Gasteiger partial charge in [0.05, 0.1) is 24.3 Å². The Balaban J connectivity index is 2.16. The summed E-state index contributed by atoms with van der Waals surface area (Å²) in [7, 11) is 1.54. The maximum absolute atomic E-state index is 12.7. The number of para-hydroxylation sites is 1. The van der Waals surface area contributed by atoms with Gasteiger partial charge in [-0.05, 0) is 30.3 Å². The summed E-state index contributed by atoms with van der Waals surface area (Å²) in [6, 6.07) is 14.4. The van der Waals surface area contributed by atoms with Crippen molar-refractivity contribution in [2.24, 2.45) is 0 Å². The van der Waals surface area contributed by atoms with Crippen LogP contribution in [-0.4, -0.2) is 17.9 Å². The molecule has 2 aromatic carbocycles. The number of hydrogen-bond acceptors (Lipinski definition) is 3. The molecule has 3 rings (SSSR count). The molecule has 4 heteroatoms. The van der Waals surface area contributed by atoms with Crippen LogP contribution in [0.15, 0.2) is 48.7 Å². The van der Waals surface area contributed by atoms with Crippen LogP contribution in [0.3, 0.4) is 0 Å². The molecular weight excluding hydrogens is 264 g/mol. The van der Waals surface area contributed by atoms with Crippen LogP contribution in [-0.2, 0) is 0 Å². The molecule has 102 valence electrons. The van der Waals surface area contributed by atoms with Crippen molar-refractivity contribution in [3.05, 3.63) is 65.4 Å². The van der Waals surface area contributed by atoms with Gasteiger partial charge in [-0.1, -0.05) is 12.1 Å². The quantitative estimate of drug-likeness (QED) is 0.746. The van der Waals surface area contributed by atoms with E-state index in [1.54, 1.807) is 42.6 Å². The summed E-state index contributed by atoms with van der Waals surface area (Å²) in [5, 5.41) is 9.74. The van der Waals surface area contributed by atoms with Crippen molar-refractivity contribution in [3.8, 4) is 11.8 Å². The Labute approximate surface area is 121 Å². The summed E-state index contributed by atoms with van der Waals surface area (Å²) in [4.78, 5) is 15.8. The van der Waals surface area contributed by atoms with Crippen molar-refractivity contribution in [2.45, 2.75) is 0 Å². The number of aromatic nitrogens is 1. The average molecular weight is 276 g/mol. The fourth-order valence-corrected chi connectivity index (χ4v) is 2.36. The van der Waals surface area contributed by atoms with Crippen LogP contribution in [0.2, 0.25) is 0 Å². The number of methoxy groups -OCH3 is 1. The van der Waals surface area contributed by atoms with Crippen LogP contribution in [0.4, 0.5) is 0 Å². The van der Waals surface area contributed by atoms with E-state index in [0.29, 0.717) is 22.4 Å². The molecule has 0 aliphatic rings. The van der Waals surface area contributed by atoms with Crippen LogP contribution < -0.4 is 4.74 Å². The Morgan fingerprint density at radius 2 is 2.00 bits per heavy atom. The number of hydrogen-bond donors (Lipinski definition) is 1. The maximum atomic E-state index is 12.7. The number of H-pyrrole nitrogens is 1. The largest absolute Gasteiger partial charge is 0.496 e. The minimum Gasteiger partial charge on any atom is -0.496 e. The van der Waals surface area contributed by atoms with Gasteiger partial charge in [-0.2, -0.15) is 5.26 Å². The Morgan fingerprint density at radius 1 is 1.19 bits per heavy atom. The highest BCUT2D eigenvalue weighted by molar-refractivity contribution is 6.17. The number of nitriles is 1. The van der Waals surface area contributed by atoms with E-state index in [9.17, 15) is 4.79 Å². The van der Waals surface area contributed by atoms with Gasteiger partial charge in [0.25, 0.3) is 0 Å². The summed E-state index contributed by atoms with van der Waals surface area (Å²) in [6.07, 6.45) is 1.67. The Morgan fingerprint density at radius 3 is 2.76 bits per heavy atom. The lowest BCUT2D eigenvalue weighted by molar-refractivity contribution is 0.103. The molecule has 4 nitrogen and oxygen atoms in total. The Hall–Kier alpha value is -3.06. The number of ketones is 1. The molecule has 0 spiro atoms. The van der Waals surface area contributed by atoms with E-state index in [0.717, 1.165) is 10.9 Å². The van der Waals surface area contributed by atoms with Crippen molar-refractivity contribution < 1.29 is 9.53 Å². The topological polar surface area (TPSA) is 65.9 Å². The molecular formula is C17H12N2O2. The lowest BCUT2D eigenvalue weighted by Gasteiger charge is -2.06. The predicted molar refractivity (Wildman–Crippen MR) is 79.4 cm³/mol. The first-order valence-electron chi connectivity index (χ1n) is 6.43. The van der Waals surface area contributed by atoms with Gasteiger partial charge in [-0.25, -0.2) is 0 Å². The zero-order valence-electron chi connectivity index (χ0n) is 11.4. The van der Waals surface area contributed by atoms with Gasteiger partial charge in [-0.15, -0.1) is 0 Å². The van der Waals surface area contributed by atoms with Gasteiger partial charge in [0.1, 0.15) is 5.75 Å². The average Bonchev–Trinajstić information content (AvgIpc) is 2.97. The normalized spacial score (nSPS) is 10.3. The molecule has 1 N–H and O–H groups in total. The molecule has 0 unspecified atom stereocenters. The van der Waals surface area contributed by atoms with Crippen molar-refractivity contribution in [2.75, 3.05) is 7.11 Å². The second-order valence-corrected chi connectivity index (χ2v) is 4.60. The lowest BCUT2D eigenvalue weighted by atomic mass is 10.0. The number of ether oxygens (including phenoxy) is 1.